The number of hydrogen-bond acceptors (Lipinski definition) is 3. The fourth-order valence-corrected chi connectivity index (χ4v) is 1.53. The zero-order chi connectivity index (χ0) is 13.0. The number of halogens is 1. The van der Waals surface area contributed by atoms with E-state index in [-0.39, 0.29) is 6.61 Å². The Balaban J connectivity index is 2.31. The van der Waals surface area contributed by atoms with E-state index in [2.05, 4.69) is 0 Å². The van der Waals surface area contributed by atoms with E-state index in [4.69, 9.17) is 15.1 Å². The first kappa shape index (κ1) is 12.1. The third-order valence-corrected chi connectivity index (χ3v) is 2.38. The van der Waals surface area contributed by atoms with Crippen molar-refractivity contribution >= 4 is 0 Å². The summed E-state index contributed by atoms with van der Waals surface area (Å²) >= 11 is 0. The van der Waals surface area contributed by atoms with Crippen molar-refractivity contribution in [2.24, 2.45) is 0 Å². The topological polar surface area (TPSA) is 53.2 Å². The number of hydrogen-bond donors (Lipinski definition) is 1. The quantitative estimate of drug-likeness (QED) is 0.901. The van der Waals surface area contributed by atoms with E-state index in [1.54, 1.807) is 24.3 Å². The van der Waals surface area contributed by atoms with Crippen LogP contribution in [-0.2, 0) is 6.61 Å². The minimum absolute atomic E-state index is 0.314. The van der Waals surface area contributed by atoms with Crippen LogP contribution in [0.4, 0.5) is 4.39 Å². The molecule has 0 amide bonds. The predicted octanol–water partition coefficient (Wildman–Crippen LogP) is 2.98. The van der Waals surface area contributed by atoms with Crippen LogP contribution in [0.2, 0.25) is 0 Å². The molecule has 0 aromatic heterocycles. The maximum absolute atomic E-state index is 13.0. The Morgan fingerprint density at radius 3 is 2.78 bits per heavy atom. The molecular formula is C14H10FNO2. The Morgan fingerprint density at radius 1 is 1.22 bits per heavy atom. The Morgan fingerprint density at radius 2 is 2.06 bits per heavy atom. The highest BCUT2D eigenvalue weighted by Gasteiger charge is 2.06. The minimum Gasteiger partial charge on any atom is -0.457 e. The molecule has 2 aromatic rings. The SMILES string of the molecule is N#Cc1cccc(Oc2ccc(F)cc2CO)c1. The average Bonchev–Trinajstić information content (AvgIpc) is 2.41. The number of nitriles is 1. The number of nitrogens with zero attached hydrogens (tertiary/aromatic N) is 1. The third kappa shape index (κ3) is 2.65. The van der Waals surface area contributed by atoms with Gasteiger partial charge in [0, 0.05) is 5.56 Å². The van der Waals surface area contributed by atoms with Gasteiger partial charge < -0.3 is 9.84 Å². The van der Waals surface area contributed by atoms with Gasteiger partial charge in [0.1, 0.15) is 17.3 Å². The molecular weight excluding hydrogens is 233 g/mol. The number of aliphatic hydroxyl groups excluding tert-OH is 1. The molecule has 90 valence electrons. The van der Waals surface area contributed by atoms with Gasteiger partial charge in [-0.15, -0.1) is 0 Å². The van der Waals surface area contributed by atoms with Crippen LogP contribution in [0.15, 0.2) is 42.5 Å². The van der Waals surface area contributed by atoms with Crippen molar-refractivity contribution in [2.75, 3.05) is 0 Å². The summed E-state index contributed by atoms with van der Waals surface area (Å²) in [6.07, 6.45) is 0. The molecule has 0 atom stereocenters. The lowest BCUT2D eigenvalue weighted by Crippen LogP contribution is -1.93. The Bertz CT molecular complexity index is 605. The molecule has 18 heavy (non-hydrogen) atoms. The van der Waals surface area contributed by atoms with Gasteiger partial charge in [-0.25, -0.2) is 4.39 Å². The van der Waals surface area contributed by atoms with Crippen LogP contribution in [0.5, 0.6) is 11.5 Å². The minimum atomic E-state index is -0.433. The summed E-state index contributed by atoms with van der Waals surface area (Å²) in [5.74, 6) is 0.404. The summed E-state index contributed by atoms with van der Waals surface area (Å²) in [7, 11) is 0. The van der Waals surface area contributed by atoms with Crippen LogP contribution in [0.3, 0.4) is 0 Å². The monoisotopic (exact) mass is 243 g/mol. The number of rotatable bonds is 3. The molecule has 4 heteroatoms. The third-order valence-electron chi connectivity index (χ3n) is 2.38. The maximum atomic E-state index is 13.0. The van der Waals surface area contributed by atoms with Gasteiger partial charge in [-0.1, -0.05) is 6.07 Å². The Kier molecular flexibility index (Phi) is 3.56. The highest BCUT2D eigenvalue weighted by molar-refractivity contribution is 5.41. The van der Waals surface area contributed by atoms with E-state index < -0.39 is 5.82 Å². The lowest BCUT2D eigenvalue weighted by molar-refractivity contribution is 0.276. The van der Waals surface area contributed by atoms with Gasteiger partial charge in [0.15, 0.2) is 0 Å². The van der Waals surface area contributed by atoms with Crippen LogP contribution in [0, 0.1) is 17.1 Å². The molecule has 2 rings (SSSR count). The summed E-state index contributed by atoms with van der Waals surface area (Å²) < 4.78 is 18.5. The molecule has 2 aromatic carbocycles. The average molecular weight is 243 g/mol. The summed E-state index contributed by atoms with van der Waals surface area (Å²) in [6, 6.07) is 12.5. The number of ether oxygens (including phenoxy) is 1. The molecule has 0 bridgehead atoms. The summed E-state index contributed by atoms with van der Waals surface area (Å²) in [4.78, 5) is 0. The number of benzene rings is 2. The fourth-order valence-electron chi connectivity index (χ4n) is 1.53. The van der Waals surface area contributed by atoms with Crippen molar-refractivity contribution in [2.45, 2.75) is 6.61 Å². The van der Waals surface area contributed by atoms with Crippen molar-refractivity contribution in [3.63, 3.8) is 0 Å². The molecule has 0 heterocycles. The molecule has 0 aliphatic carbocycles. The van der Waals surface area contributed by atoms with Gasteiger partial charge in [-0.3, -0.25) is 0 Å². The van der Waals surface area contributed by atoms with Crippen molar-refractivity contribution < 1.29 is 14.2 Å². The molecule has 0 spiro atoms. The molecule has 0 aliphatic heterocycles. The standard InChI is InChI=1S/C14H10FNO2/c15-12-4-5-14(11(7-12)9-17)18-13-3-1-2-10(6-13)8-16/h1-7,17H,9H2. The highest BCUT2D eigenvalue weighted by atomic mass is 19.1. The van der Waals surface area contributed by atoms with E-state index in [1.807, 2.05) is 6.07 Å². The number of aliphatic hydroxyl groups is 1. The summed E-state index contributed by atoms with van der Waals surface area (Å²) in [5.41, 5.74) is 0.831. The second-order valence-electron chi connectivity index (χ2n) is 3.65. The smallest absolute Gasteiger partial charge is 0.133 e. The van der Waals surface area contributed by atoms with Gasteiger partial charge in [-0.05, 0) is 36.4 Å². The molecule has 3 nitrogen and oxygen atoms in total. The normalized spacial score (nSPS) is 9.83. The lowest BCUT2D eigenvalue weighted by atomic mass is 10.2. The fraction of sp³-hybridized carbons (Fsp3) is 0.0714. The maximum Gasteiger partial charge on any atom is 0.133 e. The molecule has 0 saturated carbocycles. The second-order valence-corrected chi connectivity index (χ2v) is 3.65. The van der Waals surface area contributed by atoms with Crippen LogP contribution in [0.25, 0.3) is 0 Å². The first-order valence-electron chi connectivity index (χ1n) is 5.30. The lowest BCUT2D eigenvalue weighted by Gasteiger charge is -2.09. The van der Waals surface area contributed by atoms with Crippen molar-refractivity contribution in [3.8, 4) is 17.6 Å². The molecule has 0 saturated heterocycles. The van der Waals surface area contributed by atoms with Crippen LogP contribution in [0.1, 0.15) is 11.1 Å². The van der Waals surface area contributed by atoms with Crippen LogP contribution >= 0.6 is 0 Å². The Labute approximate surface area is 104 Å². The van der Waals surface area contributed by atoms with Crippen molar-refractivity contribution in [1.29, 1.82) is 5.26 Å². The van der Waals surface area contributed by atoms with E-state index in [0.29, 0.717) is 22.6 Å². The first-order chi connectivity index (χ1) is 8.72. The van der Waals surface area contributed by atoms with Gasteiger partial charge in [0.05, 0.1) is 18.2 Å². The van der Waals surface area contributed by atoms with Crippen molar-refractivity contribution in [1.82, 2.24) is 0 Å². The van der Waals surface area contributed by atoms with Crippen molar-refractivity contribution in [3.05, 3.63) is 59.4 Å². The van der Waals surface area contributed by atoms with Gasteiger partial charge >= 0.3 is 0 Å². The van der Waals surface area contributed by atoms with E-state index >= 15 is 0 Å². The van der Waals surface area contributed by atoms with Gasteiger partial charge in [-0.2, -0.15) is 5.26 Å². The van der Waals surface area contributed by atoms with E-state index in [1.165, 1.54) is 18.2 Å². The largest absolute Gasteiger partial charge is 0.457 e. The van der Waals surface area contributed by atoms with E-state index in [0.717, 1.165) is 0 Å². The molecule has 0 radical (unpaired) electrons. The van der Waals surface area contributed by atoms with Crippen LogP contribution in [-0.4, -0.2) is 5.11 Å². The first-order valence-corrected chi connectivity index (χ1v) is 5.30. The van der Waals surface area contributed by atoms with E-state index in [9.17, 15) is 4.39 Å². The molecule has 0 aliphatic rings. The predicted molar refractivity (Wildman–Crippen MR) is 63.6 cm³/mol. The van der Waals surface area contributed by atoms with Gasteiger partial charge in [0.2, 0.25) is 0 Å². The summed E-state index contributed by atoms with van der Waals surface area (Å²) in [5, 5.41) is 17.9. The zero-order valence-electron chi connectivity index (χ0n) is 9.43. The zero-order valence-corrected chi connectivity index (χ0v) is 9.43. The molecule has 1 N–H and O–H groups in total. The van der Waals surface area contributed by atoms with Gasteiger partial charge in [0.25, 0.3) is 0 Å². The molecule has 0 unspecified atom stereocenters. The molecule has 0 fully saturated rings. The Hall–Kier alpha value is -2.38. The second kappa shape index (κ2) is 5.30. The summed E-state index contributed by atoms with van der Waals surface area (Å²) in [6.45, 7) is -0.314. The highest BCUT2D eigenvalue weighted by Crippen LogP contribution is 2.26. The van der Waals surface area contributed by atoms with Crippen LogP contribution < -0.4 is 4.74 Å².